The highest BCUT2D eigenvalue weighted by molar-refractivity contribution is 7.14. The molecule has 1 aliphatic rings. The highest BCUT2D eigenvalue weighted by Gasteiger charge is 2.30. The van der Waals surface area contributed by atoms with Crippen LogP contribution in [0.3, 0.4) is 0 Å². The lowest BCUT2D eigenvalue weighted by Gasteiger charge is -2.13. The molecule has 4 rings (SSSR count). The van der Waals surface area contributed by atoms with E-state index in [1.165, 1.54) is 36.7 Å². The summed E-state index contributed by atoms with van der Waals surface area (Å²) in [7, 11) is 1.49. The lowest BCUT2D eigenvalue weighted by atomic mass is 9.94. The number of Topliss-reactive ketones (excluding diaryl/α,β-unsaturated/α-hetero) is 2. The highest BCUT2D eigenvalue weighted by atomic mass is 32.1. The zero-order valence-corrected chi connectivity index (χ0v) is 15.6. The van der Waals surface area contributed by atoms with Gasteiger partial charge in [0.25, 0.3) is 5.91 Å². The van der Waals surface area contributed by atoms with E-state index in [-0.39, 0.29) is 35.4 Å². The van der Waals surface area contributed by atoms with E-state index >= 15 is 0 Å². The summed E-state index contributed by atoms with van der Waals surface area (Å²) in [5, 5.41) is 4.33. The van der Waals surface area contributed by atoms with Crippen LogP contribution in [0.4, 0.5) is 0 Å². The van der Waals surface area contributed by atoms with Crippen LogP contribution >= 0.6 is 11.3 Å². The Bertz CT molecular complexity index is 1140. The fourth-order valence-electron chi connectivity index (χ4n) is 2.99. The van der Waals surface area contributed by atoms with Gasteiger partial charge in [0.1, 0.15) is 18.0 Å². The zero-order valence-electron chi connectivity index (χ0n) is 14.8. The van der Waals surface area contributed by atoms with E-state index in [2.05, 4.69) is 20.3 Å². The second-order valence-electron chi connectivity index (χ2n) is 6.02. The van der Waals surface area contributed by atoms with E-state index < -0.39 is 0 Å². The number of aromatic nitrogens is 2. The SMILES string of the molecule is CNC(=O)c1cc(C(=O)C2=NCC(=O)c3c(-c4ccncc4)csc32)ccn1. The molecule has 8 heteroatoms. The predicted molar refractivity (Wildman–Crippen MR) is 105 cm³/mol. The molecule has 0 unspecified atom stereocenters. The third-order valence-corrected chi connectivity index (χ3v) is 5.34. The number of carbonyl (C=O) groups excluding carboxylic acids is 3. The van der Waals surface area contributed by atoms with Crippen LogP contribution in [0, 0.1) is 0 Å². The number of fused-ring (bicyclic) bond motifs is 1. The van der Waals surface area contributed by atoms with Gasteiger partial charge >= 0.3 is 0 Å². The number of nitrogens with one attached hydrogen (secondary N) is 1. The van der Waals surface area contributed by atoms with Gasteiger partial charge in [0.2, 0.25) is 5.78 Å². The van der Waals surface area contributed by atoms with Crippen LogP contribution in [0.1, 0.15) is 36.1 Å². The Labute approximate surface area is 164 Å². The van der Waals surface area contributed by atoms with Crippen molar-refractivity contribution in [1.29, 1.82) is 0 Å². The first-order valence-corrected chi connectivity index (χ1v) is 9.31. The van der Waals surface area contributed by atoms with Gasteiger partial charge in [0.05, 0.1) is 4.88 Å². The van der Waals surface area contributed by atoms with E-state index in [0.29, 0.717) is 16.0 Å². The molecular formula is C20H14N4O3S. The van der Waals surface area contributed by atoms with E-state index in [0.717, 1.165) is 11.1 Å². The largest absolute Gasteiger partial charge is 0.354 e. The number of ketones is 2. The van der Waals surface area contributed by atoms with Crippen LogP contribution in [0.15, 0.2) is 53.2 Å². The number of hydrogen-bond donors (Lipinski definition) is 1. The summed E-state index contributed by atoms with van der Waals surface area (Å²) in [6.07, 6.45) is 4.72. The molecule has 1 N–H and O–H groups in total. The molecule has 0 aliphatic carbocycles. The van der Waals surface area contributed by atoms with Crippen molar-refractivity contribution in [3.63, 3.8) is 0 Å². The minimum absolute atomic E-state index is 0.0870. The van der Waals surface area contributed by atoms with Crippen molar-refractivity contribution in [1.82, 2.24) is 15.3 Å². The smallest absolute Gasteiger partial charge is 0.269 e. The van der Waals surface area contributed by atoms with Crippen LogP contribution in [-0.2, 0) is 0 Å². The fraction of sp³-hybridized carbons (Fsp3) is 0.100. The molecular weight excluding hydrogens is 376 g/mol. The van der Waals surface area contributed by atoms with Crippen molar-refractivity contribution >= 4 is 34.5 Å². The van der Waals surface area contributed by atoms with Crippen LogP contribution < -0.4 is 5.32 Å². The number of pyridine rings is 2. The molecule has 0 aromatic carbocycles. The lowest BCUT2D eigenvalue weighted by Crippen LogP contribution is -2.25. The molecule has 0 radical (unpaired) electrons. The van der Waals surface area contributed by atoms with Crippen molar-refractivity contribution in [3.8, 4) is 11.1 Å². The first-order valence-electron chi connectivity index (χ1n) is 8.43. The molecule has 0 bridgehead atoms. The Morgan fingerprint density at radius 3 is 2.68 bits per heavy atom. The molecule has 3 aromatic heterocycles. The molecule has 138 valence electrons. The van der Waals surface area contributed by atoms with Crippen LogP contribution in [0.2, 0.25) is 0 Å². The van der Waals surface area contributed by atoms with Gasteiger partial charge in [-0.1, -0.05) is 0 Å². The third kappa shape index (κ3) is 3.03. The molecule has 1 amide bonds. The molecule has 28 heavy (non-hydrogen) atoms. The summed E-state index contributed by atoms with van der Waals surface area (Å²) in [5.41, 5.74) is 2.81. The first-order chi connectivity index (χ1) is 13.6. The average Bonchev–Trinajstić information content (AvgIpc) is 3.20. The summed E-state index contributed by atoms with van der Waals surface area (Å²) in [4.78, 5) is 50.2. The van der Waals surface area contributed by atoms with Crippen molar-refractivity contribution in [2.24, 2.45) is 4.99 Å². The Kier molecular flexibility index (Phi) is 4.62. The Morgan fingerprint density at radius 1 is 1.14 bits per heavy atom. The van der Waals surface area contributed by atoms with Crippen molar-refractivity contribution < 1.29 is 14.4 Å². The normalized spacial score (nSPS) is 12.9. The maximum atomic E-state index is 13.1. The predicted octanol–water partition coefficient (Wildman–Crippen LogP) is 2.43. The average molecular weight is 390 g/mol. The van der Waals surface area contributed by atoms with Gasteiger partial charge in [-0.05, 0) is 29.8 Å². The van der Waals surface area contributed by atoms with E-state index in [9.17, 15) is 14.4 Å². The van der Waals surface area contributed by atoms with Gasteiger partial charge in [-0.25, -0.2) is 0 Å². The second kappa shape index (κ2) is 7.24. The number of rotatable bonds is 4. The van der Waals surface area contributed by atoms with Gasteiger partial charge < -0.3 is 5.32 Å². The van der Waals surface area contributed by atoms with Gasteiger partial charge in [-0.3, -0.25) is 29.3 Å². The third-order valence-electron chi connectivity index (χ3n) is 4.35. The highest BCUT2D eigenvalue weighted by Crippen LogP contribution is 2.34. The first kappa shape index (κ1) is 17.9. The number of carbonyl (C=O) groups is 3. The summed E-state index contributed by atoms with van der Waals surface area (Å²) in [6.45, 7) is -0.0870. The maximum absolute atomic E-state index is 13.1. The summed E-state index contributed by atoms with van der Waals surface area (Å²) < 4.78 is 0. The van der Waals surface area contributed by atoms with Crippen LogP contribution in [0.25, 0.3) is 11.1 Å². The van der Waals surface area contributed by atoms with Crippen molar-refractivity contribution in [2.75, 3.05) is 13.6 Å². The summed E-state index contributed by atoms with van der Waals surface area (Å²) >= 11 is 1.31. The Morgan fingerprint density at radius 2 is 1.93 bits per heavy atom. The number of nitrogens with zero attached hydrogens (tertiary/aromatic N) is 3. The second-order valence-corrected chi connectivity index (χ2v) is 6.90. The van der Waals surface area contributed by atoms with Gasteiger partial charge in [0.15, 0.2) is 5.78 Å². The van der Waals surface area contributed by atoms with Gasteiger partial charge in [0, 0.05) is 47.7 Å². The molecule has 3 aromatic rings. The van der Waals surface area contributed by atoms with Gasteiger partial charge in [-0.15, -0.1) is 11.3 Å². The molecule has 1 aliphatic heterocycles. The molecule has 0 fully saturated rings. The number of aliphatic imine (C=N–C) groups is 1. The van der Waals surface area contributed by atoms with E-state index in [1.54, 1.807) is 12.4 Å². The molecule has 0 atom stereocenters. The van der Waals surface area contributed by atoms with E-state index in [1.807, 2.05) is 17.5 Å². The standard InChI is InChI=1S/C20H14N4O3S/c1-21-20(27)14-8-12(4-7-23-14)18(26)17-19-16(15(25)9-24-17)13(10-28-19)11-2-5-22-6-3-11/h2-8,10H,9H2,1H3,(H,21,27). The lowest BCUT2D eigenvalue weighted by molar-refractivity contribution is 0.0957. The molecule has 7 nitrogen and oxygen atoms in total. The van der Waals surface area contributed by atoms with Crippen LogP contribution in [-0.4, -0.2) is 46.7 Å². The Hall–Kier alpha value is -3.52. The minimum atomic E-state index is -0.382. The molecule has 0 spiro atoms. The Balaban J connectivity index is 1.76. The molecule has 0 saturated carbocycles. The van der Waals surface area contributed by atoms with Crippen molar-refractivity contribution in [2.45, 2.75) is 0 Å². The molecule has 0 saturated heterocycles. The number of thiophene rings is 1. The van der Waals surface area contributed by atoms with Gasteiger partial charge in [-0.2, -0.15) is 0 Å². The molecule has 4 heterocycles. The monoisotopic (exact) mass is 390 g/mol. The number of hydrogen-bond acceptors (Lipinski definition) is 7. The minimum Gasteiger partial charge on any atom is -0.354 e. The quantitative estimate of drug-likeness (QED) is 0.690. The van der Waals surface area contributed by atoms with Crippen LogP contribution in [0.5, 0.6) is 0 Å². The fourth-order valence-corrected chi connectivity index (χ4v) is 4.09. The van der Waals surface area contributed by atoms with E-state index in [4.69, 9.17) is 0 Å². The topological polar surface area (TPSA) is 101 Å². The number of amides is 1. The zero-order chi connectivity index (χ0) is 19.7. The van der Waals surface area contributed by atoms with Crippen molar-refractivity contribution in [3.05, 3.63) is 69.9 Å². The summed E-state index contributed by atoms with van der Waals surface area (Å²) in [5.74, 6) is -0.850. The maximum Gasteiger partial charge on any atom is 0.269 e. The summed E-state index contributed by atoms with van der Waals surface area (Å²) in [6, 6.07) is 6.60.